The average molecular weight is 383 g/mol. The van der Waals surface area contributed by atoms with Gasteiger partial charge in [-0.1, -0.05) is 24.3 Å². The fourth-order valence-electron chi connectivity index (χ4n) is 3.59. The van der Waals surface area contributed by atoms with E-state index in [0.717, 1.165) is 60.4 Å². The van der Waals surface area contributed by atoms with Crippen LogP contribution in [0.15, 0.2) is 73.2 Å². The Kier molecular flexibility index (Phi) is 4.62. The summed E-state index contributed by atoms with van der Waals surface area (Å²) in [4.78, 5) is 22.7. The lowest BCUT2D eigenvalue weighted by Gasteiger charge is -2.35. The molecule has 5 rings (SSSR count). The summed E-state index contributed by atoms with van der Waals surface area (Å²) >= 11 is 0. The second-order valence-electron chi connectivity index (χ2n) is 6.91. The number of pyridine rings is 2. The summed E-state index contributed by atoms with van der Waals surface area (Å²) in [6, 6.07) is 18.0. The number of fused-ring (bicyclic) bond motifs is 1. The maximum Gasteiger partial charge on any atom is 0.227 e. The van der Waals surface area contributed by atoms with Crippen molar-refractivity contribution < 1.29 is 0 Å². The van der Waals surface area contributed by atoms with Gasteiger partial charge in [0.15, 0.2) is 0 Å². The number of anilines is 4. The lowest BCUT2D eigenvalue weighted by Crippen LogP contribution is -2.47. The number of aromatic nitrogens is 4. The van der Waals surface area contributed by atoms with Gasteiger partial charge in [0.2, 0.25) is 5.95 Å². The minimum Gasteiger partial charge on any atom is -0.353 e. The van der Waals surface area contributed by atoms with Crippen molar-refractivity contribution in [3.8, 4) is 0 Å². The zero-order valence-corrected chi connectivity index (χ0v) is 15.9. The van der Waals surface area contributed by atoms with Crippen LogP contribution in [-0.2, 0) is 0 Å². The van der Waals surface area contributed by atoms with E-state index in [1.165, 1.54) is 0 Å². The number of hydrogen-bond donors (Lipinski definition) is 1. The largest absolute Gasteiger partial charge is 0.353 e. The van der Waals surface area contributed by atoms with Gasteiger partial charge in [0.1, 0.15) is 11.6 Å². The number of piperazine rings is 1. The van der Waals surface area contributed by atoms with Gasteiger partial charge in [-0.25, -0.2) is 9.97 Å². The number of para-hydroxylation sites is 1. The minimum atomic E-state index is 0.740. The van der Waals surface area contributed by atoms with Crippen LogP contribution in [0.2, 0.25) is 0 Å². The highest BCUT2D eigenvalue weighted by Crippen LogP contribution is 2.24. The molecule has 0 aliphatic carbocycles. The van der Waals surface area contributed by atoms with E-state index in [2.05, 4.69) is 48.3 Å². The summed E-state index contributed by atoms with van der Waals surface area (Å²) in [5.41, 5.74) is 1.87. The molecular weight excluding hydrogens is 362 g/mol. The molecule has 7 nitrogen and oxygen atoms in total. The van der Waals surface area contributed by atoms with Crippen molar-refractivity contribution in [3.63, 3.8) is 0 Å². The SMILES string of the molecule is c1ccc(N2CCN(c3nccc(Nc4cccc5cccnc45)n3)CC2)nc1. The van der Waals surface area contributed by atoms with Crippen molar-refractivity contribution in [2.24, 2.45) is 0 Å². The lowest BCUT2D eigenvalue weighted by atomic mass is 10.2. The Balaban J connectivity index is 1.32. The average Bonchev–Trinajstić information content (AvgIpc) is 2.80. The Morgan fingerprint density at radius 2 is 1.52 bits per heavy atom. The van der Waals surface area contributed by atoms with Crippen LogP contribution in [0.5, 0.6) is 0 Å². The molecule has 0 spiro atoms. The van der Waals surface area contributed by atoms with Crippen molar-refractivity contribution in [2.75, 3.05) is 41.3 Å². The van der Waals surface area contributed by atoms with E-state index in [4.69, 9.17) is 4.98 Å². The molecule has 1 fully saturated rings. The second kappa shape index (κ2) is 7.71. The zero-order valence-electron chi connectivity index (χ0n) is 15.9. The molecule has 4 heterocycles. The van der Waals surface area contributed by atoms with E-state index in [9.17, 15) is 0 Å². The monoisotopic (exact) mass is 383 g/mol. The number of rotatable bonds is 4. The van der Waals surface area contributed by atoms with Gasteiger partial charge in [-0.2, -0.15) is 4.98 Å². The molecule has 3 aromatic heterocycles. The summed E-state index contributed by atoms with van der Waals surface area (Å²) in [5.74, 6) is 2.52. The van der Waals surface area contributed by atoms with Crippen molar-refractivity contribution in [2.45, 2.75) is 0 Å². The standard InChI is InChI=1S/C22H21N7/c1-2-10-23-20(8-1)28-13-15-29(16-14-28)22-25-12-9-19(27-22)26-18-7-3-5-17-6-4-11-24-21(17)18/h1-12H,13-16H2,(H,25,26,27). The molecular formula is C22H21N7. The first-order valence-corrected chi connectivity index (χ1v) is 9.71. The van der Waals surface area contributed by atoms with Crippen LogP contribution in [0.4, 0.5) is 23.3 Å². The predicted molar refractivity (Wildman–Crippen MR) is 116 cm³/mol. The Bertz CT molecular complexity index is 1100. The molecule has 1 aromatic carbocycles. The Morgan fingerprint density at radius 1 is 0.690 bits per heavy atom. The summed E-state index contributed by atoms with van der Waals surface area (Å²) in [6.07, 6.45) is 5.44. The fraction of sp³-hybridized carbons (Fsp3) is 0.182. The molecule has 29 heavy (non-hydrogen) atoms. The smallest absolute Gasteiger partial charge is 0.227 e. The summed E-state index contributed by atoms with van der Waals surface area (Å²) in [5, 5.41) is 4.50. The van der Waals surface area contributed by atoms with E-state index >= 15 is 0 Å². The first-order valence-electron chi connectivity index (χ1n) is 9.71. The van der Waals surface area contributed by atoms with Crippen LogP contribution in [0.3, 0.4) is 0 Å². The number of nitrogens with zero attached hydrogens (tertiary/aromatic N) is 6. The third-order valence-corrected chi connectivity index (χ3v) is 5.07. The first-order chi connectivity index (χ1) is 14.4. The molecule has 1 aliphatic rings. The first kappa shape index (κ1) is 17.4. The van der Waals surface area contributed by atoms with Gasteiger partial charge < -0.3 is 15.1 Å². The molecule has 0 bridgehead atoms. The van der Waals surface area contributed by atoms with Gasteiger partial charge in [0.25, 0.3) is 0 Å². The van der Waals surface area contributed by atoms with Crippen LogP contribution in [-0.4, -0.2) is 46.1 Å². The van der Waals surface area contributed by atoms with Crippen LogP contribution in [0.25, 0.3) is 10.9 Å². The molecule has 7 heteroatoms. The minimum absolute atomic E-state index is 0.740. The number of nitrogens with one attached hydrogen (secondary N) is 1. The van der Waals surface area contributed by atoms with Gasteiger partial charge in [-0.3, -0.25) is 4.98 Å². The number of benzene rings is 1. The van der Waals surface area contributed by atoms with E-state index in [0.29, 0.717) is 0 Å². The van der Waals surface area contributed by atoms with Gasteiger partial charge in [-0.15, -0.1) is 0 Å². The summed E-state index contributed by atoms with van der Waals surface area (Å²) in [7, 11) is 0. The molecule has 0 amide bonds. The Labute approximate surface area is 169 Å². The van der Waals surface area contributed by atoms with Crippen LogP contribution in [0.1, 0.15) is 0 Å². The van der Waals surface area contributed by atoms with E-state index in [-0.39, 0.29) is 0 Å². The molecule has 4 aromatic rings. The molecule has 1 aliphatic heterocycles. The van der Waals surface area contributed by atoms with Crippen LogP contribution < -0.4 is 15.1 Å². The summed E-state index contributed by atoms with van der Waals surface area (Å²) < 4.78 is 0. The molecule has 1 saturated heterocycles. The lowest BCUT2D eigenvalue weighted by molar-refractivity contribution is 0.635. The summed E-state index contributed by atoms with van der Waals surface area (Å²) in [6.45, 7) is 3.50. The highest BCUT2D eigenvalue weighted by atomic mass is 15.3. The maximum absolute atomic E-state index is 4.74. The quantitative estimate of drug-likeness (QED) is 0.578. The molecule has 0 radical (unpaired) electrons. The molecule has 1 N–H and O–H groups in total. The van der Waals surface area contributed by atoms with Gasteiger partial charge in [0.05, 0.1) is 11.2 Å². The Hall–Kier alpha value is -3.74. The molecule has 0 unspecified atom stereocenters. The van der Waals surface area contributed by atoms with E-state index in [1.807, 2.05) is 42.6 Å². The molecule has 0 saturated carbocycles. The maximum atomic E-state index is 4.74. The van der Waals surface area contributed by atoms with Gasteiger partial charge >= 0.3 is 0 Å². The normalized spacial score (nSPS) is 14.2. The molecule has 144 valence electrons. The number of hydrogen-bond acceptors (Lipinski definition) is 7. The topological polar surface area (TPSA) is 70.1 Å². The fourth-order valence-corrected chi connectivity index (χ4v) is 3.59. The third kappa shape index (κ3) is 3.67. The van der Waals surface area contributed by atoms with Gasteiger partial charge in [-0.05, 0) is 30.3 Å². The zero-order chi connectivity index (χ0) is 19.5. The van der Waals surface area contributed by atoms with Crippen molar-refractivity contribution in [3.05, 3.63) is 73.2 Å². The highest BCUT2D eigenvalue weighted by Gasteiger charge is 2.20. The predicted octanol–water partition coefficient (Wildman–Crippen LogP) is 3.49. The van der Waals surface area contributed by atoms with E-state index in [1.54, 1.807) is 12.4 Å². The van der Waals surface area contributed by atoms with Gasteiger partial charge in [0, 0.05) is 50.2 Å². The van der Waals surface area contributed by atoms with Crippen molar-refractivity contribution in [1.29, 1.82) is 0 Å². The van der Waals surface area contributed by atoms with Crippen LogP contribution >= 0.6 is 0 Å². The van der Waals surface area contributed by atoms with Crippen LogP contribution in [0, 0.1) is 0 Å². The van der Waals surface area contributed by atoms with Crippen molar-refractivity contribution >= 4 is 34.2 Å². The highest BCUT2D eigenvalue weighted by molar-refractivity contribution is 5.91. The van der Waals surface area contributed by atoms with Crippen molar-refractivity contribution in [1.82, 2.24) is 19.9 Å². The Morgan fingerprint density at radius 3 is 2.38 bits per heavy atom. The third-order valence-electron chi connectivity index (χ3n) is 5.07. The molecule has 0 atom stereocenters. The van der Waals surface area contributed by atoms with E-state index < -0.39 is 0 Å². The second-order valence-corrected chi connectivity index (χ2v) is 6.91.